The van der Waals surface area contributed by atoms with Crippen LogP contribution in [0.3, 0.4) is 0 Å². The second kappa shape index (κ2) is 6.97. The molecular formula is C15H22BrN3O. The van der Waals surface area contributed by atoms with Crippen molar-refractivity contribution in [2.75, 3.05) is 11.4 Å². The highest BCUT2D eigenvalue weighted by Crippen LogP contribution is 2.33. The Bertz CT molecular complexity index is 488. The van der Waals surface area contributed by atoms with Gasteiger partial charge in [0.15, 0.2) is 5.84 Å². The molecule has 0 amide bonds. The van der Waals surface area contributed by atoms with Gasteiger partial charge in [0.05, 0.1) is 5.69 Å². The SMILES string of the molecule is CCCC1CCCCN1c1ccc(/C(N)=N/O)cc1Br. The van der Waals surface area contributed by atoms with Gasteiger partial charge in [0.2, 0.25) is 0 Å². The molecule has 1 heterocycles. The van der Waals surface area contributed by atoms with Crippen LogP contribution >= 0.6 is 15.9 Å². The third kappa shape index (κ3) is 3.26. The minimum absolute atomic E-state index is 0.140. The number of hydrogen-bond donors (Lipinski definition) is 2. The zero-order chi connectivity index (χ0) is 14.5. The maximum Gasteiger partial charge on any atom is 0.170 e. The van der Waals surface area contributed by atoms with Gasteiger partial charge in [-0.15, -0.1) is 0 Å². The first kappa shape index (κ1) is 15.2. The lowest BCUT2D eigenvalue weighted by atomic mass is 9.97. The van der Waals surface area contributed by atoms with Gasteiger partial charge in [-0.1, -0.05) is 18.5 Å². The molecule has 0 bridgehead atoms. The predicted molar refractivity (Wildman–Crippen MR) is 86.5 cm³/mol. The predicted octanol–water partition coefficient (Wildman–Crippen LogP) is 3.70. The van der Waals surface area contributed by atoms with E-state index in [0.29, 0.717) is 6.04 Å². The van der Waals surface area contributed by atoms with E-state index >= 15 is 0 Å². The summed E-state index contributed by atoms with van der Waals surface area (Å²) in [6.07, 6.45) is 6.27. The van der Waals surface area contributed by atoms with Crippen LogP contribution in [0.1, 0.15) is 44.6 Å². The van der Waals surface area contributed by atoms with Crippen molar-refractivity contribution in [2.45, 2.75) is 45.1 Å². The molecule has 0 aromatic heterocycles. The highest BCUT2D eigenvalue weighted by molar-refractivity contribution is 9.10. The molecule has 0 radical (unpaired) electrons. The average molecular weight is 340 g/mol. The first-order valence-corrected chi connectivity index (χ1v) is 8.00. The Balaban J connectivity index is 2.27. The van der Waals surface area contributed by atoms with Crippen molar-refractivity contribution in [1.29, 1.82) is 0 Å². The molecule has 0 spiro atoms. The fourth-order valence-electron chi connectivity index (χ4n) is 2.91. The van der Waals surface area contributed by atoms with Gasteiger partial charge in [-0.2, -0.15) is 0 Å². The lowest BCUT2D eigenvalue weighted by molar-refractivity contribution is 0.318. The molecule has 1 aliphatic heterocycles. The zero-order valence-corrected chi connectivity index (χ0v) is 13.4. The highest BCUT2D eigenvalue weighted by Gasteiger charge is 2.23. The Morgan fingerprint density at radius 2 is 2.30 bits per heavy atom. The van der Waals surface area contributed by atoms with Crippen molar-refractivity contribution < 1.29 is 5.21 Å². The number of piperidine rings is 1. The van der Waals surface area contributed by atoms with Gasteiger partial charge in [-0.3, -0.25) is 0 Å². The maximum absolute atomic E-state index is 8.75. The Morgan fingerprint density at radius 1 is 1.50 bits per heavy atom. The first-order valence-electron chi connectivity index (χ1n) is 7.21. The molecule has 1 aromatic carbocycles. The van der Waals surface area contributed by atoms with Gasteiger partial charge in [-0.05, 0) is 59.8 Å². The summed E-state index contributed by atoms with van der Waals surface area (Å²) in [7, 11) is 0. The summed E-state index contributed by atoms with van der Waals surface area (Å²) in [5, 5.41) is 11.8. The van der Waals surface area contributed by atoms with Gasteiger partial charge in [0, 0.05) is 22.6 Å². The number of benzene rings is 1. The fourth-order valence-corrected chi connectivity index (χ4v) is 3.51. The van der Waals surface area contributed by atoms with E-state index in [9.17, 15) is 0 Å². The maximum atomic E-state index is 8.75. The summed E-state index contributed by atoms with van der Waals surface area (Å²) in [5.41, 5.74) is 7.57. The second-order valence-corrected chi connectivity index (χ2v) is 6.14. The summed E-state index contributed by atoms with van der Waals surface area (Å²) >= 11 is 3.62. The summed E-state index contributed by atoms with van der Waals surface area (Å²) in [4.78, 5) is 2.49. The molecule has 110 valence electrons. The van der Waals surface area contributed by atoms with E-state index in [0.717, 1.165) is 16.6 Å². The first-order chi connectivity index (χ1) is 9.67. The summed E-state index contributed by atoms with van der Waals surface area (Å²) in [6.45, 7) is 3.34. The molecule has 1 atom stereocenters. The molecule has 4 nitrogen and oxygen atoms in total. The molecule has 1 aromatic rings. The number of anilines is 1. The molecule has 20 heavy (non-hydrogen) atoms. The van der Waals surface area contributed by atoms with Crippen LogP contribution in [0.2, 0.25) is 0 Å². The van der Waals surface area contributed by atoms with Crippen LogP contribution in [0.15, 0.2) is 27.8 Å². The van der Waals surface area contributed by atoms with E-state index in [-0.39, 0.29) is 5.84 Å². The lowest BCUT2D eigenvalue weighted by Crippen LogP contribution is -2.39. The number of amidine groups is 1. The fraction of sp³-hybridized carbons (Fsp3) is 0.533. The Hall–Kier alpha value is -1.23. The van der Waals surface area contributed by atoms with Crippen LogP contribution in [-0.4, -0.2) is 23.6 Å². The molecule has 2 rings (SSSR count). The Morgan fingerprint density at radius 3 is 2.95 bits per heavy atom. The third-order valence-electron chi connectivity index (χ3n) is 3.91. The van der Waals surface area contributed by atoms with E-state index in [1.54, 1.807) is 0 Å². The van der Waals surface area contributed by atoms with Gasteiger partial charge in [0.25, 0.3) is 0 Å². The third-order valence-corrected chi connectivity index (χ3v) is 4.54. The molecule has 0 aliphatic carbocycles. The van der Waals surface area contributed by atoms with E-state index in [1.807, 2.05) is 12.1 Å². The van der Waals surface area contributed by atoms with Crippen LogP contribution < -0.4 is 10.6 Å². The van der Waals surface area contributed by atoms with E-state index in [2.05, 4.69) is 39.0 Å². The summed E-state index contributed by atoms with van der Waals surface area (Å²) in [6, 6.07) is 6.51. The van der Waals surface area contributed by atoms with Gasteiger partial charge in [-0.25, -0.2) is 0 Å². The van der Waals surface area contributed by atoms with Crippen molar-refractivity contribution in [3.8, 4) is 0 Å². The van der Waals surface area contributed by atoms with E-state index in [4.69, 9.17) is 10.9 Å². The molecular weight excluding hydrogens is 318 g/mol. The minimum Gasteiger partial charge on any atom is -0.409 e. The topological polar surface area (TPSA) is 61.8 Å². The normalized spacial score (nSPS) is 20.2. The molecule has 0 saturated carbocycles. The summed E-state index contributed by atoms with van der Waals surface area (Å²) < 4.78 is 1.00. The number of hydrogen-bond acceptors (Lipinski definition) is 3. The molecule has 5 heteroatoms. The lowest BCUT2D eigenvalue weighted by Gasteiger charge is -2.38. The Kier molecular flexibility index (Phi) is 5.29. The van der Waals surface area contributed by atoms with Gasteiger partial charge in [0.1, 0.15) is 0 Å². The van der Waals surface area contributed by atoms with Crippen LogP contribution in [0.4, 0.5) is 5.69 Å². The van der Waals surface area contributed by atoms with Crippen LogP contribution in [0.25, 0.3) is 0 Å². The average Bonchev–Trinajstić information content (AvgIpc) is 2.47. The summed E-state index contributed by atoms with van der Waals surface area (Å²) in [5.74, 6) is 0.140. The van der Waals surface area contributed by atoms with Crippen molar-refractivity contribution in [3.05, 3.63) is 28.2 Å². The van der Waals surface area contributed by atoms with Crippen LogP contribution in [0, 0.1) is 0 Å². The molecule has 1 fully saturated rings. The van der Waals surface area contributed by atoms with Crippen LogP contribution in [0.5, 0.6) is 0 Å². The van der Waals surface area contributed by atoms with Crippen LogP contribution in [-0.2, 0) is 0 Å². The van der Waals surface area contributed by atoms with Crippen molar-refractivity contribution in [3.63, 3.8) is 0 Å². The number of rotatable bonds is 4. The largest absolute Gasteiger partial charge is 0.409 e. The standard InChI is InChI=1S/C15H22BrN3O/c1-2-5-12-6-3-4-9-19(12)14-8-7-11(10-13(14)16)15(17)18-20/h7-8,10,12,20H,2-6,9H2,1H3,(H2,17,18). The highest BCUT2D eigenvalue weighted by atomic mass is 79.9. The molecule has 3 N–H and O–H groups in total. The Labute approximate surface area is 128 Å². The van der Waals surface area contributed by atoms with E-state index in [1.165, 1.54) is 37.8 Å². The minimum atomic E-state index is 0.140. The van der Waals surface area contributed by atoms with Gasteiger partial charge < -0.3 is 15.8 Å². The second-order valence-electron chi connectivity index (χ2n) is 5.28. The zero-order valence-electron chi connectivity index (χ0n) is 11.8. The van der Waals surface area contributed by atoms with Gasteiger partial charge >= 0.3 is 0 Å². The smallest absolute Gasteiger partial charge is 0.170 e. The van der Waals surface area contributed by atoms with E-state index < -0.39 is 0 Å². The van der Waals surface area contributed by atoms with Crippen molar-refractivity contribution >= 4 is 27.5 Å². The molecule has 1 saturated heterocycles. The van der Waals surface area contributed by atoms with Crippen molar-refractivity contribution in [1.82, 2.24) is 0 Å². The number of halogens is 1. The quantitative estimate of drug-likeness (QED) is 0.380. The number of oxime groups is 1. The molecule has 1 unspecified atom stereocenters. The monoisotopic (exact) mass is 339 g/mol. The molecule has 1 aliphatic rings. The van der Waals surface area contributed by atoms with Crippen molar-refractivity contribution in [2.24, 2.45) is 10.9 Å². The number of nitrogens with two attached hydrogens (primary N) is 1. The number of nitrogens with zero attached hydrogens (tertiary/aromatic N) is 2.